The van der Waals surface area contributed by atoms with Crippen LogP contribution < -0.4 is 20.9 Å². The van der Waals surface area contributed by atoms with Gasteiger partial charge in [-0.2, -0.15) is 0 Å². The van der Waals surface area contributed by atoms with Crippen LogP contribution in [0.3, 0.4) is 0 Å². The molecule has 0 saturated heterocycles. The summed E-state index contributed by atoms with van der Waals surface area (Å²) in [6.45, 7) is 0. The highest BCUT2D eigenvalue weighted by molar-refractivity contribution is 6.18. The molecule has 0 heteroatoms. The van der Waals surface area contributed by atoms with E-state index in [0.717, 1.165) is 25.7 Å². The largest absolute Gasteiger partial charge is 0.0763 e. The van der Waals surface area contributed by atoms with Gasteiger partial charge in [-0.3, -0.25) is 0 Å². The minimum absolute atomic E-state index is 1.06. The van der Waals surface area contributed by atoms with E-state index in [0.29, 0.717) is 0 Å². The number of hydrogen-bond acceptors (Lipinski definition) is 0. The monoisotopic (exact) mass is 606 g/mol. The van der Waals surface area contributed by atoms with Crippen molar-refractivity contribution >= 4 is 33.6 Å². The van der Waals surface area contributed by atoms with Crippen molar-refractivity contribution in [2.45, 2.75) is 25.7 Å². The van der Waals surface area contributed by atoms with Gasteiger partial charge in [-0.05, 0) is 159 Å². The first-order valence-corrected chi connectivity index (χ1v) is 17.5. The quantitative estimate of drug-likeness (QED) is 0.184. The van der Waals surface area contributed by atoms with Crippen molar-refractivity contribution in [2.75, 3.05) is 0 Å². The van der Waals surface area contributed by atoms with Gasteiger partial charge in [0, 0.05) is 0 Å². The van der Waals surface area contributed by atoms with Gasteiger partial charge in [0.1, 0.15) is 0 Å². The van der Waals surface area contributed by atoms with Gasteiger partial charge >= 0.3 is 0 Å². The summed E-state index contributed by atoms with van der Waals surface area (Å²) in [5, 5.41) is 8.57. The lowest BCUT2D eigenvalue weighted by Crippen LogP contribution is -2.31. The van der Waals surface area contributed by atoms with Crippen LogP contribution in [0.2, 0.25) is 0 Å². The van der Waals surface area contributed by atoms with Gasteiger partial charge in [-0.25, -0.2) is 0 Å². The predicted octanol–water partition coefficient (Wildman–Crippen LogP) is 9.08. The highest BCUT2D eigenvalue weighted by Crippen LogP contribution is 2.53. The van der Waals surface area contributed by atoms with Crippen LogP contribution in [0.5, 0.6) is 0 Å². The Labute approximate surface area is 279 Å². The summed E-state index contributed by atoms with van der Waals surface area (Å²) in [6.07, 6.45) is 6.84. The average molecular weight is 607 g/mol. The summed E-state index contributed by atoms with van der Waals surface area (Å²) in [7, 11) is 0. The zero-order valence-electron chi connectivity index (χ0n) is 26.5. The maximum absolute atomic E-state index is 2.59. The molecular formula is C48H30. The second-order valence-corrected chi connectivity index (χ2v) is 14.1. The summed E-state index contributed by atoms with van der Waals surface area (Å²) >= 11 is 0. The predicted molar refractivity (Wildman–Crippen MR) is 200 cm³/mol. The fraction of sp³-hybridized carbons (Fsp3) is 0.0833. The van der Waals surface area contributed by atoms with E-state index in [2.05, 4.69) is 133 Å². The van der Waals surface area contributed by atoms with Crippen molar-refractivity contribution in [3.05, 3.63) is 165 Å². The Kier molecular flexibility index (Phi) is 4.76. The van der Waals surface area contributed by atoms with E-state index < -0.39 is 0 Å². The molecule has 222 valence electrons. The maximum Gasteiger partial charge on any atom is -0.00108 e. The van der Waals surface area contributed by atoms with Crippen molar-refractivity contribution in [1.82, 2.24) is 0 Å². The van der Waals surface area contributed by atoms with Crippen molar-refractivity contribution in [3.8, 4) is 55.6 Å². The average Bonchev–Trinajstić information content (AvgIpc) is 3.77. The first kappa shape index (κ1) is 25.4. The summed E-state index contributed by atoms with van der Waals surface area (Å²) in [4.78, 5) is 0. The Morgan fingerprint density at radius 2 is 0.896 bits per heavy atom. The fourth-order valence-electron chi connectivity index (χ4n) is 10.1. The van der Waals surface area contributed by atoms with Crippen molar-refractivity contribution in [3.63, 3.8) is 0 Å². The molecule has 12 rings (SSSR count). The summed E-state index contributed by atoms with van der Waals surface area (Å²) < 4.78 is 0. The van der Waals surface area contributed by atoms with Crippen LogP contribution >= 0.6 is 0 Å². The van der Waals surface area contributed by atoms with Crippen LogP contribution in [-0.4, -0.2) is 0 Å². The smallest absolute Gasteiger partial charge is 0.00108 e. The molecule has 0 saturated carbocycles. The second-order valence-electron chi connectivity index (χ2n) is 14.1. The molecule has 0 unspecified atom stereocenters. The lowest BCUT2D eigenvalue weighted by atomic mass is 9.81. The molecule has 0 fully saturated rings. The molecule has 0 bridgehead atoms. The van der Waals surface area contributed by atoms with E-state index in [1.807, 2.05) is 0 Å². The molecule has 5 aliphatic carbocycles. The van der Waals surface area contributed by atoms with Gasteiger partial charge in [-0.1, -0.05) is 121 Å². The van der Waals surface area contributed by atoms with Crippen LogP contribution in [-0.2, 0) is 0 Å². The van der Waals surface area contributed by atoms with Crippen LogP contribution in [0.1, 0.15) is 42.4 Å². The first-order valence-electron chi connectivity index (χ1n) is 17.5. The van der Waals surface area contributed by atoms with E-state index in [-0.39, 0.29) is 0 Å². The van der Waals surface area contributed by atoms with Crippen LogP contribution in [0, 0.1) is 0 Å². The van der Waals surface area contributed by atoms with Crippen LogP contribution in [0.4, 0.5) is 0 Å². The van der Waals surface area contributed by atoms with E-state index in [9.17, 15) is 0 Å². The maximum atomic E-state index is 2.59. The Bertz CT molecular complexity index is 2900. The lowest BCUT2D eigenvalue weighted by Gasteiger charge is -2.22. The van der Waals surface area contributed by atoms with E-state index in [1.165, 1.54) is 110 Å². The summed E-state index contributed by atoms with van der Waals surface area (Å²) in [5.74, 6) is 0. The third kappa shape index (κ3) is 3.03. The number of benzene rings is 7. The van der Waals surface area contributed by atoms with E-state index in [4.69, 9.17) is 0 Å². The van der Waals surface area contributed by atoms with Gasteiger partial charge in [0.05, 0.1) is 0 Å². The molecule has 0 aromatic heterocycles. The third-order valence-corrected chi connectivity index (χ3v) is 11.9. The van der Waals surface area contributed by atoms with Crippen molar-refractivity contribution in [2.24, 2.45) is 0 Å². The van der Waals surface area contributed by atoms with Crippen LogP contribution in [0.15, 0.2) is 127 Å². The molecule has 0 radical (unpaired) electrons. The summed E-state index contributed by atoms with van der Waals surface area (Å²) in [5.41, 5.74) is 22.9. The fourth-order valence-corrected chi connectivity index (χ4v) is 10.1. The Hall–Kier alpha value is -5.72. The molecule has 48 heavy (non-hydrogen) atoms. The Balaban J connectivity index is 1.21. The SMILES string of the molecule is C1=c2cccc3c2=C(CC1)c1cc2c(cc1-3)-c1ccc3c4c1=C2CCC=4c1c-3c(-c2ccccc2)c2ccccc2c1-c1ccccc1. The van der Waals surface area contributed by atoms with Gasteiger partial charge in [0.2, 0.25) is 0 Å². The standard InChI is InChI=1S/C48H30/c1-3-11-28(12-4-1)43-30-17-7-8-18-31(30)44(29-13-5-2-6-14-29)48-37-24-22-35-41-26-39-33-20-10-16-27-15-9-19-32(42(27)33)38(39)25-40(41)34-21-23-36(47(43)48)46(37)45(34)35/h1-9,11-19,21,23,25-26H,10,20,22,24H2. The Morgan fingerprint density at radius 3 is 1.62 bits per heavy atom. The zero-order valence-corrected chi connectivity index (χ0v) is 26.5. The summed E-state index contributed by atoms with van der Waals surface area (Å²) in [6, 6.07) is 48.3. The number of fused-ring (bicyclic) bond motifs is 10. The van der Waals surface area contributed by atoms with Crippen molar-refractivity contribution in [1.29, 1.82) is 0 Å². The second kappa shape index (κ2) is 9.00. The Morgan fingerprint density at radius 1 is 0.333 bits per heavy atom. The number of hydrogen-bond donors (Lipinski definition) is 0. The minimum atomic E-state index is 1.06. The van der Waals surface area contributed by atoms with Gasteiger partial charge < -0.3 is 0 Å². The molecule has 0 spiro atoms. The topological polar surface area (TPSA) is 0 Å². The molecule has 0 nitrogen and oxygen atoms in total. The third-order valence-electron chi connectivity index (χ3n) is 11.9. The lowest BCUT2D eigenvalue weighted by molar-refractivity contribution is 1.06. The minimum Gasteiger partial charge on any atom is -0.0763 e. The molecule has 7 aromatic rings. The molecule has 0 aliphatic heterocycles. The van der Waals surface area contributed by atoms with Gasteiger partial charge in [0.15, 0.2) is 0 Å². The van der Waals surface area contributed by atoms with Crippen LogP contribution in [0.25, 0.3) is 89.2 Å². The van der Waals surface area contributed by atoms with Gasteiger partial charge in [0.25, 0.3) is 0 Å². The molecule has 0 N–H and O–H groups in total. The molecule has 5 aliphatic rings. The number of rotatable bonds is 2. The first-order chi connectivity index (χ1) is 23.8. The van der Waals surface area contributed by atoms with E-state index in [1.54, 1.807) is 11.1 Å². The molecule has 0 atom stereocenters. The molecular weight excluding hydrogens is 577 g/mol. The van der Waals surface area contributed by atoms with Crippen molar-refractivity contribution < 1.29 is 0 Å². The highest BCUT2D eigenvalue weighted by Gasteiger charge is 2.36. The molecule has 7 aromatic carbocycles. The normalized spacial score (nSPS) is 15.2. The highest BCUT2D eigenvalue weighted by atomic mass is 14.4. The van der Waals surface area contributed by atoms with E-state index >= 15 is 0 Å². The van der Waals surface area contributed by atoms with Gasteiger partial charge in [-0.15, -0.1) is 0 Å². The molecule has 0 amide bonds. The molecule has 0 heterocycles. The zero-order chi connectivity index (χ0) is 31.1.